The number of rotatable bonds is 3. The summed E-state index contributed by atoms with van der Waals surface area (Å²) in [5.41, 5.74) is 5.08. The van der Waals surface area contributed by atoms with Crippen molar-refractivity contribution < 1.29 is 9.90 Å². The Morgan fingerprint density at radius 1 is 1.12 bits per heavy atom. The van der Waals surface area contributed by atoms with Gasteiger partial charge in [-0.3, -0.25) is 10.3 Å². The van der Waals surface area contributed by atoms with Gasteiger partial charge in [0.2, 0.25) is 0 Å². The first-order valence-corrected chi connectivity index (χ1v) is 8.02. The third kappa shape index (κ3) is 2.24. The van der Waals surface area contributed by atoms with Crippen molar-refractivity contribution in [3.05, 3.63) is 89.6 Å². The summed E-state index contributed by atoms with van der Waals surface area (Å²) in [6.45, 7) is 2.03. The summed E-state index contributed by atoms with van der Waals surface area (Å²) in [6.07, 6.45) is 5.55. The predicted molar refractivity (Wildman–Crippen MR) is 96.5 cm³/mol. The van der Waals surface area contributed by atoms with E-state index in [0.717, 1.165) is 11.1 Å². The zero-order valence-electron chi connectivity index (χ0n) is 13.7. The fraction of sp³-hybridized carbons (Fsp3) is 0.100. The van der Waals surface area contributed by atoms with Crippen molar-refractivity contribution in [3.63, 3.8) is 0 Å². The summed E-state index contributed by atoms with van der Waals surface area (Å²) in [7, 11) is 0. The number of fused-ring (bicyclic) bond motifs is 1. The van der Waals surface area contributed by atoms with Gasteiger partial charge in [-0.05, 0) is 24.6 Å². The van der Waals surface area contributed by atoms with Crippen LogP contribution in [0.3, 0.4) is 0 Å². The molecule has 1 unspecified atom stereocenters. The van der Waals surface area contributed by atoms with E-state index in [2.05, 4.69) is 10.5 Å². The van der Waals surface area contributed by atoms with Gasteiger partial charge in [0.15, 0.2) is 5.84 Å². The van der Waals surface area contributed by atoms with E-state index in [9.17, 15) is 9.90 Å². The van der Waals surface area contributed by atoms with Crippen LogP contribution in [-0.4, -0.2) is 21.8 Å². The lowest BCUT2D eigenvalue weighted by molar-refractivity contribution is -0.149. The molecule has 0 spiro atoms. The molecule has 0 amide bonds. The van der Waals surface area contributed by atoms with Gasteiger partial charge in [0, 0.05) is 17.3 Å². The monoisotopic (exact) mass is 331 g/mol. The third-order valence-corrected chi connectivity index (χ3v) is 4.52. The maximum absolute atomic E-state index is 12.2. The molecule has 0 bridgehead atoms. The van der Waals surface area contributed by atoms with Gasteiger partial charge in [0.25, 0.3) is 5.66 Å². The van der Waals surface area contributed by atoms with Crippen molar-refractivity contribution in [1.82, 2.24) is 10.3 Å². The SMILES string of the molecule is Cc1ccc(C2=CC=CN3C2=NNC3(C(=O)O)c2ccccc2)cc1. The Bertz CT molecular complexity index is 914. The van der Waals surface area contributed by atoms with Gasteiger partial charge in [-0.2, -0.15) is 5.10 Å². The number of hydrazone groups is 1. The fourth-order valence-corrected chi connectivity index (χ4v) is 3.19. The fourth-order valence-electron chi connectivity index (χ4n) is 3.19. The van der Waals surface area contributed by atoms with Gasteiger partial charge in [0.05, 0.1) is 0 Å². The zero-order valence-corrected chi connectivity index (χ0v) is 13.7. The number of aryl methyl sites for hydroxylation is 1. The Morgan fingerprint density at radius 2 is 1.84 bits per heavy atom. The van der Waals surface area contributed by atoms with Crippen LogP contribution in [0, 0.1) is 6.92 Å². The van der Waals surface area contributed by atoms with Crippen molar-refractivity contribution in [3.8, 4) is 0 Å². The molecular formula is C20H17N3O2. The van der Waals surface area contributed by atoms with Gasteiger partial charge in [-0.1, -0.05) is 60.2 Å². The number of allylic oxidation sites excluding steroid dienone is 2. The van der Waals surface area contributed by atoms with Crippen LogP contribution in [0.1, 0.15) is 16.7 Å². The number of nitrogens with zero attached hydrogens (tertiary/aromatic N) is 2. The first kappa shape index (κ1) is 15.2. The summed E-state index contributed by atoms with van der Waals surface area (Å²) < 4.78 is 0. The number of hydrogen-bond acceptors (Lipinski definition) is 4. The molecule has 0 aromatic heterocycles. The summed E-state index contributed by atoms with van der Waals surface area (Å²) in [5.74, 6) is -0.412. The van der Waals surface area contributed by atoms with Crippen LogP contribution in [0.2, 0.25) is 0 Å². The van der Waals surface area contributed by atoms with E-state index in [4.69, 9.17) is 0 Å². The van der Waals surface area contributed by atoms with Crippen LogP contribution in [0.25, 0.3) is 5.57 Å². The molecule has 0 fully saturated rings. The standard InChI is InChI=1S/C20H17N3O2/c1-14-9-11-15(12-10-14)17-8-5-13-23-18(17)21-22-20(23,19(24)25)16-6-3-2-4-7-16/h2-13,22H,1H3,(H,24,25). The molecule has 0 saturated carbocycles. The molecule has 0 saturated heterocycles. The van der Waals surface area contributed by atoms with E-state index < -0.39 is 11.6 Å². The normalized spacial score (nSPS) is 21.2. The topological polar surface area (TPSA) is 64.9 Å². The smallest absolute Gasteiger partial charge is 0.357 e. The van der Waals surface area contributed by atoms with Crippen molar-refractivity contribution in [2.45, 2.75) is 12.6 Å². The first-order valence-electron chi connectivity index (χ1n) is 8.02. The third-order valence-electron chi connectivity index (χ3n) is 4.52. The molecular weight excluding hydrogens is 314 g/mol. The van der Waals surface area contributed by atoms with Crippen LogP contribution < -0.4 is 5.43 Å². The lowest BCUT2D eigenvalue weighted by atomic mass is 9.95. The van der Waals surface area contributed by atoms with E-state index in [1.54, 1.807) is 23.2 Å². The highest BCUT2D eigenvalue weighted by Crippen LogP contribution is 2.36. The number of carboxylic acids is 1. The van der Waals surface area contributed by atoms with Gasteiger partial charge in [-0.25, -0.2) is 4.79 Å². The maximum atomic E-state index is 12.2. The minimum atomic E-state index is -1.45. The molecule has 4 rings (SSSR count). The second-order valence-corrected chi connectivity index (χ2v) is 6.09. The molecule has 2 N–H and O–H groups in total. The van der Waals surface area contributed by atoms with E-state index in [0.29, 0.717) is 11.4 Å². The van der Waals surface area contributed by atoms with Crippen molar-refractivity contribution in [2.24, 2.45) is 5.10 Å². The second-order valence-electron chi connectivity index (χ2n) is 6.09. The van der Waals surface area contributed by atoms with Crippen LogP contribution in [0.15, 0.2) is 78.1 Å². The Kier molecular flexibility index (Phi) is 3.42. The highest BCUT2D eigenvalue weighted by Gasteiger charge is 2.52. The van der Waals surface area contributed by atoms with Crippen LogP contribution >= 0.6 is 0 Å². The van der Waals surface area contributed by atoms with Gasteiger partial charge in [-0.15, -0.1) is 0 Å². The largest absolute Gasteiger partial charge is 0.478 e. The van der Waals surface area contributed by atoms with Crippen LogP contribution in [0.4, 0.5) is 0 Å². The molecule has 0 radical (unpaired) electrons. The van der Waals surface area contributed by atoms with Crippen molar-refractivity contribution in [1.29, 1.82) is 0 Å². The quantitative estimate of drug-likeness (QED) is 0.907. The van der Waals surface area contributed by atoms with Crippen LogP contribution in [0.5, 0.6) is 0 Å². The van der Waals surface area contributed by atoms with Crippen LogP contribution in [-0.2, 0) is 10.5 Å². The molecule has 2 aliphatic heterocycles. The predicted octanol–water partition coefficient (Wildman–Crippen LogP) is 3.06. The first-order chi connectivity index (χ1) is 12.1. The second kappa shape index (κ2) is 5.63. The van der Waals surface area contributed by atoms with E-state index >= 15 is 0 Å². The molecule has 5 nitrogen and oxygen atoms in total. The Balaban J connectivity index is 1.79. The lowest BCUT2D eigenvalue weighted by Crippen LogP contribution is -2.55. The number of amidine groups is 1. The van der Waals surface area contributed by atoms with E-state index in [-0.39, 0.29) is 0 Å². The summed E-state index contributed by atoms with van der Waals surface area (Å²) in [4.78, 5) is 13.9. The number of hydrogen-bond donors (Lipinski definition) is 2. The molecule has 2 aliphatic rings. The minimum absolute atomic E-state index is 0.595. The number of benzene rings is 2. The molecule has 25 heavy (non-hydrogen) atoms. The van der Waals surface area contributed by atoms with E-state index in [1.165, 1.54) is 5.56 Å². The Labute approximate surface area is 145 Å². The highest BCUT2D eigenvalue weighted by atomic mass is 16.4. The summed E-state index contributed by atoms with van der Waals surface area (Å²) in [6, 6.07) is 17.2. The molecule has 2 aromatic carbocycles. The van der Waals surface area contributed by atoms with Crippen molar-refractivity contribution >= 4 is 17.4 Å². The Hall–Kier alpha value is -3.34. The molecule has 1 atom stereocenters. The van der Waals surface area contributed by atoms with Crippen molar-refractivity contribution in [2.75, 3.05) is 0 Å². The minimum Gasteiger partial charge on any atom is -0.478 e. The lowest BCUT2D eigenvalue weighted by Gasteiger charge is -2.35. The summed E-state index contributed by atoms with van der Waals surface area (Å²) >= 11 is 0. The number of carbonyl (C=O) groups is 1. The average Bonchev–Trinajstić information content (AvgIpc) is 3.04. The molecule has 2 heterocycles. The number of aliphatic carboxylic acids is 1. The highest BCUT2D eigenvalue weighted by molar-refractivity contribution is 6.25. The maximum Gasteiger partial charge on any atom is 0.357 e. The van der Waals surface area contributed by atoms with Gasteiger partial charge >= 0.3 is 5.97 Å². The molecule has 5 heteroatoms. The summed E-state index contributed by atoms with van der Waals surface area (Å²) in [5, 5.41) is 14.4. The molecule has 124 valence electrons. The number of nitrogens with one attached hydrogen (secondary N) is 1. The Morgan fingerprint density at radius 3 is 2.52 bits per heavy atom. The van der Waals surface area contributed by atoms with E-state index in [1.807, 2.05) is 61.5 Å². The number of carboxylic acid groups (broad SMARTS) is 1. The average molecular weight is 331 g/mol. The van der Waals surface area contributed by atoms with Gasteiger partial charge < -0.3 is 5.11 Å². The zero-order chi connectivity index (χ0) is 17.4. The van der Waals surface area contributed by atoms with Gasteiger partial charge in [0.1, 0.15) is 0 Å². The molecule has 0 aliphatic carbocycles. The molecule has 2 aromatic rings.